The molecule has 0 saturated heterocycles. The standard InChI is InChI=1S/C35H51N3O8/c1-22(2)30(34(43)44-8)37-32(41)31(23(3)4)38(36)29(40)19-18-28(39)27(33(42)46-35(5,6)7)20-24-14-16-26(17-15-24)45-21-25-12-10-9-11-13-25/h9-17,22-23,27-28,30-31,39H,18-21,36H2,1-8H3,(H,37,41). The largest absolute Gasteiger partial charge is 0.489 e. The Balaban J connectivity index is 2.12. The van der Waals surface area contributed by atoms with Crippen molar-refractivity contribution < 1.29 is 38.5 Å². The van der Waals surface area contributed by atoms with Gasteiger partial charge in [-0.05, 0) is 68.7 Å². The number of hydrazine groups is 1. The summed E-state index contributed by atoms with van der Waals surface area (Å²) in [4.78, 5) is 51.7. The Morgan fingerprint density at radius 2 is 1.50 bits per heavy atom. The van der Waals surface area contributed by atoms with E-state index in [-0.39, 0.29) is 25.2 Å². The van der Waals surface area contributed by atoms with Crippen molar-refractivity contribution in [2.45, 2.75) is 98.1 Å². The van der Waals surface area contributed by atoms with Gasteiger partial charge in [-0.3, -0.25) is 19.4 Å². The summed E-state index contributed by atoms with van der Waals surface area (Å²) in [5, 5.41) is 14.7. The number of aliphatic hydroxyl groups excluding tert-OH is 1. The molecule has 4 N–H and O–H groups in total. The third kappa shape index (κ3) is 12.1. The molecule has 2 aromatic carbocycles. The van der Waals surface area contributed by atoms with Gasteiger partial charge in [-0.2, -0.15) is 0 Å². The molecule has 0 bridgehead atoms. The molecule has 2 amide bonds. The predicted octanol–water partition coefficient (Wildman–Crippen LogP) is 3.95. The van der Waals surface area contributed by atoms with E-state index in [4.69, 9.17) is 20.1 Å². The molecule has 2 rings (SSSR count). The van der Waals surface area contributed by atoms with Gasteiger partial charge in [0.1, 0.15) is 30.0 Å². The fourth-order valence-electron chi connectivity index (χ4n) is 4.84. The van der Waals surface area contributed by atoms with Crippen molar-refractivity contribution in [2.75, 3.05) is 7.11 Å². The van der Waals surface area contributed by atoms with Crippen molar-refractivity contribution in [3.63, 3.8) is 0 Å². The van der Waals surface area contributed by atoms with Crippen LogP contribution < -0.4 is 15.9 Å². The molecule has 254 valence electrons. The summed E-state index contributed by atoms with van der Waals surface area (Å²) in [6.45, 7) is 12.6. The normalized spacial score (nSPS) is 14.2. The van der Waals surface area contributed by atoms with Gasteiger partial charge in [0.05, 0.1) is 19.1 Å². The highest BCUT2D eigenvalue weighted by molar-refractivity contribution is 5.90. The lowest BCUT2D eigenvalue weighted by molar-refractivity contribution is -0.164. The number of nitrogens with one attached hydrogen (secondary N) is 1. The lowest BCUT2D eigenvalue weighted by Gasteiger charge is -2.32. The zero-order valence-corrected chi connectivity index (χ0v) is 28.3. The van der Waals surface area contributed by atoms with Crippen LogP contribution in [0.3, 0.4) is 0 Å². The second kappa shape index (κ2) is 17.7. The van der Waals surface area contributed by atoms with Gasteiger partial charge < -0.3 is 24.6 Å². The first-order chi connectivity index (χ1) is 21.5. The summed E-state index contributed by atoms with van der Waals surface area (Å²) >= 11 is 0. The number of benzene rings is 2. The van der Waals surface area contributed by atoms with E-state index in [0.717, 1.165) is 16.1 Å². The first-order valence-corrected chi connectivity index (χ1v) is 15.7. The summed E-state index contributed by atoms with van der Waals surface area (Å²) in [5.41, 5.74) is 1.02. The van der Waals surface area contributed by atoms with Crippen LogP contribution in [0.1, 0.15) is 72.4 Å². The number of ether oxygens (including phenoxy) is 3. The van der Waals surface area contributed by atoms with Crippen molar-refractivity contribution in [3.8, 4) is 5.75 Å². The summed E-state index contributed by atoms with van der Waals surface area (Å²) < 4.78 is 16.3. The number of carbonyl (C=O) groups excluding carboxylic acids is 4. The smallest absolute Gasteiger partial charge is 0.328 e. The second-order valence-corrected chi connectivity index (χ2v) is 13.1. The van der Waals surface area contributed by atoms with Gasteiger partial charge in [-0.25, -0.2) is 10.6 Å². The van der Waals surface area contributed by atoms with E-state index in [1.54, 1.807) is 60.6 Å². The molecule has 0 spiro atoms. The minimum absolute atomic E-state index is 0.0993. The third-order valence-electron chi connectivity index (χ3n) is 7.36. The number of rotatable bonds is 16. The molecule has 2 aromatic rings. The number of carbonyl (C=O) groups is 4. The number of methoxy groups -OCH3 is 1. The zero-order chi connectivity index (χ0) is 34.6. The van der Waals surface area contributed by atoms with E-state index in [9.17, 15) is 24.3 Å². The van der Waals surface area contributed by atoms with Crippen molar-refractivity contribution >= 4 is 23.8 Å². The molecule has 0 aliphatic rings. The summed E-state index contributed by atoms with van der Waals surface area (Å²) in [5.74, 6) is 2.79. The molecule has 0 heterocycles. The highest BCUT2D eigenvalue weighted by Crippen LogP contribution is 2.24. The van der Waals surface area contributed by atoms with Crippen LogP contribution in [0.25, 0.3) is 0 Å². The Morgan fingerprint density at radius 1 is 0.891 bits per heavy atom. The summed E-state index contributed by atoms with van der Waals surface area (Å²) in [6.07, 6.45) is -1.41. The van der Waals surface area contributed by atoms with Crippen LogP contribution in [-0.4, -0.2) is 64.8 Å². The van der Waals surface area contributed by atoms with Gasteiger partial charge in [0.25, 0.3) is 0 Å². The fraction of sp³-hybridized carbons (Fsp3) is 0.543. The zero-order valence-electron chi connectivity index (χ0n) is 28.3. The molecule has 0 aliphatic heterocycles. The molecule has 0 aliphatic carbocycles. The molecule has 4 unspecified atom stereocenters. The molecule has 4 atom stereocenters. The number of nitrogens with two attached hydrogens (primary N) is 1. The highest BCUT2D eigenvalue weighted by Gasteiger charge is 2.36. The maximum absolute atomic E-state index is 13.2. The minimum atomic E-state index is -1.24. The van der Waals surface area contributed by atoms with Gasteiger partial charge in [0, 0.05) is 6.42 Å². The highest BCUT2D eigenvalue weighted by atomic mass is 16.6. The van der Waals surface area contributed by atoms with Crippen molar-refractivity contribution in [2.24, 2.45) is 23.6 Å². The summed E-state index contributed by atoms with van der Waals surface area (Å²) in [7, 11) is 1.23. The number of aliphatic hydroxyl groups is 1. The summed E-state index contributed by atoms with van der Waals surface area (Å²) in [6, 6.07) is 15.0. The molecular weight excluding hydrogens is 590 g/mol. The van der Waals surface area contributed by atoms with Crippen LogP contribution in [0.2, 0.25) is 0 Å². The van der Waals surface area contributed by atoms with Crippen molar-refractivity contribution in [1.82, 2.24) is 10.3 Å². The average molecular weight is 642 g/mol. The molecule has 0 fully saturated rings. The van der Waals surface area contributed by atoms with Crippen LogP contribution in [-0.2, 0) is 41.7 Å². The fourth-order valence-corrected chi connectivity index (χ4v) is 4.84. The molecule has 0 radical (unpaired) electrons. The predicted molar refractivity (Wildman–Crippen MR) is 174 cm³/mol. The Morgan fingerprint density at radius 3 is 2.02 bits per heavy atom. The van der Waals surface area contributed by atoms with Gasteiger partial charge >= 0.3 is 11.9 Å². The van der Waals surface area contributed by atoms with Gasteiger partial charge in [0.2, 0.25) is 11.8 Å². The van der Waals surface area contributed by atoms with Crippen molar-refractivity contribution in [1.29, 1.82) is 0 Å². The average Bonchev–Trinajstić information content (AvgIpc) is 2.99. The van der Waals surface area contributed by atoms with E-state index in [0.29, 0.717) is 12.4 Å². The number of hydrogen-bond donors (Lipinski definition) is 3. The molecule has 11 heteroatoms. The van der Waals surface area contributed by atoms with Crippen LogP contribution in [0, 0.1) is 17.8 Å². The van der Waals surface area contributed by atoms with Crippen molar-refractivity contribution in [3.05, 3.63) is 65.7 Å². The Kier molecular flexibility index (Phi) is 14.7. The molecule has 46 heavy (non-hydrogen) atoms. The van der Waals surface area contributed by atoms with E-state index in [1.807, 2.05) is 42.5 Å². The molecule has 0 saturated carbocycles. The Bertz CT molecular complexity index is 1270. The third-order valence-corrected chi connectivity index (χ3v) is 7.36. The van der Waals surface area contributed by atoms with Crippen LogP contribution in [0.4, 0.5) is 0 Å². The molecule has 11 nitrogen and oxygen atoms in total. The number of nitrogens with zero attached hydrogens (tertiary/aromatic N) is 1. The molecule has 0 aromatic heterocycles. The second-order valence-electron chi connectivity index (χ2n) is 13.1. The van der Waals surface area contributed by atoms with E-state index in [1.165, 1.54) is 7.11 Å². The maximum atomic E-state index is 13.2. The minimum Gasteiger partial charge on any atom is -0.489 e. The number of hydrogen-bond acceptors (Lipinski definition) is 9. The Hall–Kier alpha value is -3.96. The monoisotopic (exact) mass is 641 g/mol. The lowest BCUT2D eigenvalue weighted by atomic mass is 9.91. The first-order valence-electron chi connectivity index (χ1n) is 15.7. The molecular formula is C35H51N3O8. The first kappa shape index (κ1) is 38.2. The SMILES string of the molecule is COC(=O)C(NC(=O)C(C(C)C)N(N)C(=O)CCC(O)C(Cc1ccc(OCc2ccccc2)cc1)C(=O)OC(C)(C)C)C(C)C. The van der Waals surface area contributed by atoms with Gasteiger partial charge in [0.15, 0.2) is 0 Å². The lowest BCUT2D eigenvalue weighted by Crippen LogP contribution is -2.58. The Labute approximate surface area is 272 Å². The van der Waals surface area contributed by atoms with Crippen LogP contribution in [0.5, 0.6) is 5.75 Å². The van der Waals surface area contributed by atoms with Gasteiger partial charge in [-0.15, -0.1) is 0 Å². The van der Waals surface area contributed by atoms with E-state index in [2.05, 4.69) is 5.32 Å². The van der Waals surface area contributed by atoms with Crippen LogP contribution in [0.15, 0.2) is 54.6 Å². The number of amides is 2. The van der Waals surface area contributed by atoms with Crippen LogP contribution >= 0.6 is 0 Å². The quantitative estimate of drug-likeness (QED) is 0.107. The van der Waals surface area contributed by atoms with E-state index < -0.39 is 59.4 Å². The number of esters is 2. The maximum Gasteiger partial charge on any atom is 0.328 e. The van der Waals surface area contributed by atoms with E-state index >= 15 is 0 Å². The topological polar surface area (TPSA) is 157 Å². The van der Waals surface area contributed by atoms with Gasteiger partial charge in [-0.1, -0.05) is 70.2 Å².